The Balaban J connectivity index is 2.71. The Morgan fingerprint density at radius 2 is 0.571 bits per heavy atom. The second kappa shape index (κ2) is 12.3. The summed E-state index contributed by atoms with van der Waals surface area (Å²) in [4.78, 5) is 0. The highest BCUT2D eigenvalue weighted by Crippen LogP contribution is 2.35. The molecule has 2 N–H and O–H groups in total. The largest absolute Gasteiger partial charge is 0.346 e. The van der Waals surface area contributed by atoms with Crippen molar-refractivity contribution in [2.45, 2.75) is 157 Å². The molecule has 0 bridgehead atoms. The third-order valence-corrected chi connectivity index (χ3v) is 9.54. The molecule has 0 aromatic heterocycles. The number of hydrazine groups is 1. The Kier molecular flexibility index (Phi) is 11.0. The molecular formula is C36H60B2Br2N2. The third-order valence-electron chi connectivity index (χ3n) is 8.17. The van der Waals surface area contributed by atoms with Gasteiger partial charge in [-0.3, -0.25) is 10.7 Å². The van der Waals surface area contributed by atoms with Crippen LogP contribution in [0.4, 0.5) is 0 Å². The highest BCUT2D eigenvalue weighted by atomic mass is 79.9. The van der Waals surface area contributed by atoms with E-state index in [0.29, 0.717) is 0 Å². The van der Waals surface area contributed by atoms with Crippen LogP contribution in [0.1, 0.15) is 158 Å². The van der Waals surface area contributed by atoms with E-state index in [2.05, 4.69) is 191 Å². The molecule has 0 spiro atoms. The zero-order valence-corrected chi connectivity index (χ0v) is 33.4. The van der Waals surface area contributed by atoms with E-state index in [0.717, 1.165) is 0 Å². The fourth-order valence-corrected chi connectivity index (χ4v) is 6.74. The molecule has 0 fully saturated rings. The molecule has 0 aliphatic heterocycles. The Labute approximate surface area is 277 Å². The predicted molar refractivity (Wildman–Crippen MR) is 200 cm³/mol. The fourth-order valence-electron chi connectivity index (χ4n) is 5.49. The van der Waals surface area contributed by atoms with Crippen LogP contribution in [0.2, 0.25) is 0 Å². The van der Waals surface area contributed by atoms with E-state index in [4.69, 9.17) is 0 Å². The van der Waals surface area contributed by atoms with Gasteiger partial charge < -0.3 is 0 Å². The highest BCUT2D eigenvalue weighted by Gasteiger charge is 2.36. The quantitative estimate of drug-likeness (QED) is 0.240. The lowest BCUT2D eigenvalue weighted by atomic mass is 9.62. The highest BCUT2D eigenvalue weighted by molar-refractivity contribution is 9.25. The zero-order valence-electron chi connectivity index (χ0n) is 30.2. The van der Waals surface area contributed by atoms with Gasteiger partial charge in [-0.25, -0.2) is 0 Å². The maximum Gasteiger partial charge on any atom is 0.346 e. The smallest absolute Gasteiger partial charge is 0.290 e. The van der Waals surface area contributed by atoms with Gasteiger partial charge in [-0.15, -0.1) is 31.5 Å². The molecule has 234 valence electrons. The summed E-state index contributed by atoms with van der Waals surface area (Å²) in [6, 6.07) is 9.75. The van der Waals surface area contributed by atoms with Crippen molar-refractivity contribution >= 4 is 53.8 Å². The topological polar surface area (TPSA) is 24.1 Å². The van der Waals surface area contributed by atoms with Gasteiger partial charge in [-0.1, -0.05) is 149 Å². The second-order valence-corrected chi connectivity index (χ2v) is 20.3. The summed E-state index contributed by atoms with van der Waals surface area (Å²) in [5.74, 6) is 0. The summed E-state index contributed by atoms with van der Waals surface area (Å²) in [6.07, 6.45) is 0. The average molecular weight is 702 g/mol. The average Bonchev–Trinajstić information content (AvgIpc) is 2.77. The minimum absolute atomic E-state index is 0.0142. The summed E-state index contributed by atoms with van der Waals surface area (Å²) in [6.45, 7) is 41.8. The van der Waals surface area contributed by atoms with Crippen molar-refractivity contribution < 1.29 is 0 Å². The summed E-state index contributed by atoms with van der Waals surface area (Å²) >= 11 is 8.22. The first-order valence-electron chi connectivity index (χ1n) is 15.7. The first-order chi connectivity index (χ1) is 18.5. The Hall–Kier alpha value is -0.550. The van der Waals surface area contributed by atoms with E-state index in [1.165, 1.54) is 44.3 Å². The van der Waals surface area contributed by atoms with E-state index >= 15 is 0 Å². The van der Waals surface area contributed by atoms with Gasteiger partial charge in [0.05, 0.1) is 0 Å². The number of benzene rings is 2. The molecule has 42 heavy (non-hydrogen) atoms. The molecule has 0 radical (unpaired) electrons. The number of hydrogen-bond donors (Lipinski definition) is 2. The summed E-state index contributed by atoms with van der Waals surface area (Å²) in [5.41, 5.74) is 10.8. The molecule has 6 heteroatoms. The monoisotopic (exact) mass is 700 g/mol. The van der Waals surface area contributed by atoms with Crippen LogP contribution in [0, 0.1) is 0 Å². The van der Waals surface area contributed by atoms with E-state index < -0.39 is 0 Å². The van der Waals surface area contributed by atoms with Crippen LogP contribution < -0.4 is 21.6 Å². The molecule has 0 aliphatic carbocycles. The molecule has 2 aromatic rings. The van der Waals surface area contributed by atoms with E-state index in [1.54, 1.807) is 0 Å². The van der Waals surface area contributed by atoms with Gasteiger partial charge in [0, 0.05) is 0 Å². The normalized spacial score (nSPS) is 13.9. The Morgan fingerprint density at radius 1 is 0.381 bits per heavy atom. The van der Waals surface area contributed by atoms with Crippen LogP contribution in [0.5, 0.6) is 0 Å². The van der Waals surface area contributed by atoms with Crippen molar-refractivity contribution in [3.05, 3.63) is 57.6 Å². The maximum absolute atomic E-state index is 4.11. The first kappa shape index (κ1) is 37.6. The zero-order chi connectivity index (χ0) is 33.0. The van der Waals surface area contributed by atoms with Crippen molar-refractivity contribution in [3.8, 4) is 0 Å². The molecule has 0 heterocycles. The van der Waals surface area contributed by atoms with Gasteiger partial charge in [0.15, 0.2) is 0 Å². The van der Waals surface area contributed by atoms with Crippen LogP contribution in [0.15, 0.2) is 24.3 Å². The van der Waals surface area contributed by atoms with Crippen molar-refractivity contribution in [1.29, 1.82) is 0 Å². The minimum atomic E-state index is -0.0833. The van der Waals surface area contributed by atoms with Gasteiger partial charge >= 0.3 is 11.3 Å². The van der Waals surface area contributed by atoms with Crippen LogP contribution in [-0.2, 0) is 32.5 Å². The van der Waals surface area contributed by atoms with E-state index in [-0.39, 0.29) is 43.8 Å². The van der Waals surface area contributed by atoms with Gasteiger partial charge in [0.1, 0.15) is 0 Å². The van der Waals surface area contributed by atoms with Gasteiger partial charge in [0.2, 0.25) is 0 Å². The minimum Gasteiger partial charge on any atom is -0.290 e. The lowest BCUT2D eigenvalue weighted by Crippen LogP contribution is -2.59. The standard InChI is InChI=1S/C36H60B2Br2N2/c1-31(2,3)23-19-25(33(7,8)9)29(26(20-23)34(10,11)12)37(39)41-42-38(40)30-27(35(13,14)15)21-24(32(4,5)6)22-28(30)36(16,17)18/h19-22,41-42H,1-18H3. The fraction of sp³-hybridized carbons (Fsp3) is 0.667. The number of rotatable bonds is 5. The van der Waals surface area contributed by atoms with Crippen LogP contribution in [0.25, 0.3) is 0 Å². The molecule has 0 unspecified atom stereocenters. The summed E-state index contributed by atoms with van der Waals surface area (Å²) in [7, 11) is 0. The number of hydrogen-bond acceptors (Lipinski definition) is 2. The lowest BCUT2D eigenvalue weighted by molar-refractivity contribution is 0.552. The molecule has 0 aliphatic rings. The molecule has 2 rings (SSSR count). The Morgan fingerprint density at radius 3 is 0.714 bits per heavy atom. The summed E-state index contributed by atoms with van der Waals surface area (Å²) in [5, 5.41) is 7.40. The van der Waals surface area contributed by atoms with Crippen molar-refractivity contribution in [3.63, 3.8) is 0 Å². The molecule has 2 aromatic carbocycles. The first-order valence-corrected chi connectivity index (χ1v) is 17.5. The number of halogens is 2. The van der Waals surface area contributed by atoms with Crippen molar-refractivity contribution in [1.82, 2.24) is 10.7 Å². The third kappa shape index (κ3) is 9.01. The summed E-state index contributed by atoms with van der Waals surface area (Å²) < 4.78 is 0. The van der Waals surface area contributed by atoms with E-state index in [1.807, 2.05) is 0 Å². The molecular weight excluding hydrogens is 642 g/mol. The molecule has 2 nitrogen and oxygen atoms in total. The lowest BCUT2D eigenvalue weighted by Gasteiger charge is -2.36. The molecule has 0 amide bonds. The van der Waals surface area contributed by atoms with Crippen LogP contribution in [0.3, 0.4) is 0 Å². The van der Waals surface area contributed by atoms with Crippen molar-refractivity contribution in [2.24, 2.45) is 0 Å². The van der Waals surface area contributed by atoms with Gasteiger partial charge in [-0.2, -0.15) is 0 Å². The van der Waals surface area contributed by atoms with Gasteiger partial charge in [0.25, 0.3) is 0 Å². The van der Waals surface area contributed by atoms with Gasteiger partial charge in [-0.05, 0) is 76.8 Å². The predicted octanol–water partition coefficient (Wildman–Crippen LogP) is 9.45. The van der Waals surface area contributed by atoms with E-state index in [9.17, 15) is 0 Å². The van der Waals surface area contributed by atoms with Crippen LogP contribution in [-0.4, -0.2) is 11.3 Å². The molecule has 0 atom stereocenters. The Bertz CT molecular complexity index is 1090. The SMILES string of the molecule is CC(C)(C)c1cc(C(C)(C)C)c(B(Br)NNB(Br)c2c(C(C)(C)C)cc(C(C)(C)C)cc2C(C)(C)C)c(C(C)(C)C)c1. The number of nitrogens with one attached hydrogen (secondary N) is 2. The van der Waals surface area contributed by atoms with Crippen molar-refractivity contribution in [2.75, 3.05) is 0 Å². The van der Waals surface area contributed by atoms with Crippen LogP contribution >= 0.6 is 31.5 Å². The maximum atomic E-state index is 4.11. The second-order valence-electron chi connectivity index (χ2n) is 18.5. The molecule has 0 saturated carbocycles. The molecule has 0 saturated heterocycles.